The van der Waals surface area contributed by atoms with Crippen LogP contribution in [-0.2, 0) is 61.6 Å². The summed E-state index contributed by atoms with van der Waals surface area (Å²) in [6.45, 7) is 16.5. The molecule has 0 bridgehead atoms. The Morgan fingerprint density at radius 2 is 0.382 bits per heavy atom. The van der Waals surface area contributed by atoms with E-state index in [-0.39, 0.29) is 5.97 Å². The van der Waals surface area contributed by atoms with E-state index in [9.17, 15) is 4.79 Å². The minimum atomic E-state index is -0.128. The first-order valence-corrected chi connectivity index (χ1v) is 28.3. The van der Waals surface area contributed by atoms with Crippen LogP contribution >= 0.6 is 0 Å². The molecule has 0 N–H and O–H groups in total. The van der Waals surface area contributed by atoms with Gasteiger partial charge in [0.05, 0.1) is 139 Å². The van der Waals surface area contributed by atoms with Gasteiger partial charge in [-0.1, -0.05) is 181 Å². The van der Waals surface area contributed by atoms with Crippen molar-refractivity contribution in [1.29, 1.82) is 0 Å². The Balaban J connectivity index is 3.12. The minimum absolute atomic E-state index is 0.128. The predicted octanol–water partition coefficient (Wildman–Crippen LogP) is 12.1. The van der Waals surface area contributed by atoms with Gasteiger partial charge in [-0.3, -0.25) is 4.79 Å². The van der Waals surface area contributed by atoms with Crippen LogP contribution in [0.4, 0.5) is 0 Å². The number of esters is 1. The van der Waals surface area contributed by atoms with E-state index < -0.39 is 0 Å². The lowest BCUT2D eigenvalue weighted by Gasteiger charge is -2.09. The van der Waals surface area contributed by atoms with Gasteiger partial charge in [0, 0.05) is 13.0 Å². The van der Waals surface area contributed by atoms with Crippen LogP contribution in [0.25, 0.3) is 0 Å². The molecule has 0 saturated heterocycles. The fraction of sp³-hybridized carbons (Fsp3) is 0.982. The molecule has 0 rings (SSSR count). The van der Waals surface area contributed by atoms with Crippen LogP contribution in [0.5, 0.6) is 0 Å². The largest absolute Gasteiger partial charge is 0.463 e. The van der Waals surface area contributed by atoms with E-state index in [0.29, 0.717) is 152 Å². The van der Waals surface area contributed by atoms with Gasteiger partial charge in [-0.05, 0) is 12.8 Å². The summed E-state index contributed by atoms with van der Waals surface area (Å²) in [5, 5.41) is 0. The molecule has 0 atom stereocenters. The van der Waals surface area contributed by atoms with Gasteiger partial charge in [-0.2, -0.15) is 0 Å². The molecule has 13 heteroatoms. The number of ether oxygens (including phenoxy) is 12. The molecule has 408 valence electrons. The van der Waals surface area contributed by atoms with E-state index in [1.165, 1.54) is 161 Å². The molecule has 0 fully saturated rings. The monoisotopic (exact) mass is 979 g/mol. The summed E-state index contributed by atoms with van der Waals surface area (Å²) in [7, 11) is 0. The van der Waals surface area contributed by atoms with Crippen LogP contribution in [0.2, 0.25) is 0 Å². The van der Waals surface area contributed by atoms with Crippen LogP contribution in [0.3, 0.4) is 0 Å². The Morgan fingerprint density at radius 1 is 0.206 bits per heavy atom. The summed E-state index contributed by atoms with van der Waals surface area (Å²) in [6, 6.07) is 0. The van der Waals surface area contributed by atoms with Gasteiger partial charge in [0.2, 0.25) is 0 Å². The van der Waals surface area contributed by atoms with Crippen molar-refractivity contribution in [3.8, 4) is 0 Å². The summed E-state index contributed by atoms with van der Waals surface area (Å²) in [6.07, 6.45) is 38.0. The van der Waals surface area contributed by atoms with Gasteiger partial charge in [-0.15, -0.1) is 0 Å². The van der Waals surface area contributed by atoms with Crippen molar-refractivity contribution in [2.24, 2.45) is 0 Å². The third-order valence-corrected chi connectivity index (χ3v) is 11.6. The quantitative estimate of drug-likeness (QED) is 0.0424. The first kappa shape index (κ1) is 67.0. The molecule has 0 saturated carbocycles. The fourth-order valence-corrected chi connectivity index (χ4v) is 7.45. The van der Waals surface area contributed by atoms with E-state index in [2.05, 4.69) is 13.8 Å². The van der Waals surface area contributed by atoms with E-state index in [4.69, 9.17) is 56.8 Å². The van der Waals surface area contributed by atoms with Crippen LogP contribution in [0.15, 0.2) is 0 Å². The lowest BCUT2D eigenvalue weighted by atomic mass is 10.0. The van der Waals surface area contributed by atoms with Crippen molar-refractivity contribution in [2.75, 3.05) is 152 Å². The van der Waals surface area contributed by atoms with Crippen LogP contribution in [-0.4, -0.2) is 158 Å². The Kier molecular flexibility index (Phi) is 63.1. The molecular formula is C55H110O13. The third-order valence-electron chi connectivity index (χ3n) is 11.6. The first-order valence-electron chi connectivity index (χ1n) is 28.3. The summed E-state index contributed by atoms with van der Waals surface area (Å²) in [5.41, 5.74) is 0. The lowest BCUT2D eigenvalue weighted by Crippen LogP contribution is -2.15. The molecule has 0 heterocycles. The van der Waals surface area contributed by atoms with Crippen molar-refractivity contribution in [2.45, 2.75) is 200 Å². The van der Waals surface area contributed by atoms with Gasteiger partial charge in [-0.25, -0.2) is 0 Å². The number of carbonyl (C=O) groups excluding carboxylic acids is 1. The molecule has 0 aromatic rings. The van der Waals surface area contributed by atoms with E-state index in [1.54, 1.807) is 0 Å². The highest BCUT2D eigenvalue weighted by Gasteiger charge is 2.04. The van der Waals surface area contributed by atoms with Gasteiger partial charge < -0.3 is 56.8 Å². The highest BCUT2D eigenvalue weighted by molar-refractivity contribution is 5.69. The molecule has 0 unspecified atom stereocenters. The Labute approximate surface area is 418 Å². The molecule has 0 radical (unpaired) electrons. The number of carbonyl (C=O) groups is 1. The molecule has 13 nitrogen and oxygen atoms in total. The normalized spacial score (nSPS) is 11.6. The Hall–Kier alpha value is -0.970. The number of unbranched alkanes of at least 4 members (excludes halogenated alkanes) is 26. The van der Waals surface area contributed by atoms with Gasteiger partial charge in [0.1, 0.15) is 6.61 Å². The second-order valence-corrected chi connectivity index (χ2v) is 17.9. The van der Waals surface area contributed by atoms with E-state index in [0.717, 1.165) is 25.9 Å². The molecule has 0 spiro atoms. The maximum Gasteiger partial charge on any atom is 0.305 e. The Bertz CT molecular complexity index is 902. The zero-order valence-electron chi connectivity index (χ0n) is 44.6. The SMILES string of the molecule is CCCCCCCCCCCCCCCCCC(=O)OCCOCCOCCOCCOCCOCCOCCOCCOCCOCCOCCOCCCCCCCCCCCCCCC. The fourth-order valence-electron chi connectivity index (χ4n) is 7.45. The number of rotatable bonds is 63. The number of hydrogen-bond donors (Lipinski definition) is 0. The molecule has 0 aromatic heterocycles. The Morgan fingerprint density at radius 3 is 0.618 bits per heavy atom. The summed E-state index contributed by atoms with van der Waals surface area (Å²) >= 11 is 0. The average molecular weight is 979 g/mol. The summed E-state index contributed by atoms with van der Waals surface area (Å²) in [5.74, 6) is -0.128. The highest BCUT2D eigenvalue weighted by atomic mass is 16.6. The molecule has 0 aliphatic carbocycles. The lowest BCUT2D eigenvalue weighted by molar-refractivity contribution is -0.145. The number of hydrogen-bond acceptors (Lipinski definition) is 13. The second-order valence-electron chi connectivity index (χ2n) is 17.9. The zero-order valence-corrected chi connectivity index (χ0v) is 44.6. The van der Waals surface area contributed by atoms with Crippen LogP contribution in [0.1, 0.15) is 200 Å². The first-order chi connectivity index (χ1) is 33.8. The van der Waals surface area contributed by atoms with Gasteiger partial charge in [0.25, 0.3) is 0 Å². The molecule has 0 amide bonds. The average Bonchev–Trinajstić information content (AvgIpc) is 3.35. The molecule has 0 aliphatic rings. The van der Waals surface area contributed by atoms with Crippen molar-refractivity contribution < 1.29 is 61.6 Å². The molecule has 0 aromatic carbocycles. The smallest absolute Gasteiger partial charge is 0.305 e. The zero-order chi connectivity index (χ0) is 48.8. The third kappa shape index (κ3) is 63.0. The highest BCUT2D eigenvalue weighted by Crippen LogP contribution is 2.15. The van der Waals surface area contributed by atoms with Crippen molar-refractivity contribution in [3.05, 3.63) is 0 Å². The maximum atomic E-state index is 11.9. The standard InChI is InChI=1S/C55H110O13/c1-3-5-7-9-11-13-15-17-18-19-21-23-25-27-29-31-55(56)68-54-53-67-52-51-66-50-49-65-48-47-64-46-45-63-44-43-62-42-41-61-40-39-60-38-37-59-36-35-58-34-33-57-32-30-28-26-24-22-20-16-14-12-10-8-6-4-2/h3-54H2,1-2H3. The van der Waals surface area contributed by atoms with Crippen molar-refractivity contribution in [3.63, 3.8) is 0 Å². The van der Waals surface area contributed by atoms with E-state index >= 15 is 0 Å². The van der Waals surface area contributed by atoms with Crippen molar-refractivity contribution >= 4 is 5.97 Å². The molecule has 68 heavy (non-hydrogen) atoms. The molecular weight excluding hydrogens is 869 g/mol. The molecule has 0 aliphatic heterocycles. The minimum Gasteiger partial charge on any atom is -0.463 e. The van der Waals surface area contributed by atoms with Crippen LogP contribution < -0.4 is 0 Å². The van der Waals surface area contributed by atoms with Gasteiger partial charge in [0.15, 0.2) is 0 Å². The maximum absolute atomic E-state index is 11.9. The van der Waals surface area contributed by atoms with Crippen LogP contribution in [0, 0.1) is 0 Å². The van der Waals surface area contributed by atoms with Crippen molar-refractivity contribution in [1.82, 2.24) is 0 Å². The predicted molar refractivity (Wildman–Crippen MR) is 275 cm³/mol. The summed E-state index contributed by atoms with van der Waals surface area (Å²) < 4.78 is 66.3. The van der Waals surface area contributed by atoms with E-state index in [1.807, 2.05) is 0 Å². The summed E-state index contributed by atoms with van der Waals surface area (Å²) in [4.78, 5) is 11.9. The topological polar surface area (TPSA) is 128 Å². The van der Waals surface area contributed by atoms with Gasteiger partial charge >= 0.3 is 5.97 Å². The second kappa shape index (κ2) is 64.0.